The van der Waals surface area contributed by atoms with Crippen LogP contribution in [0.2, 0.25) is 0 Å². The zero-order valence-corrected chi connectivity index (χ0v) is 15.6. The second-order valence-electron chi connectivity index (χ2n) is 5.94. The van der Waals surface area contributed by atoms with Gasteiger partial charge in [-0.1, -0.05) is 20.3 Å². The van der Waals surface area contributed by atoms with Gasteiger partial charge in [0.15, 0.2) is 5.82 Å². The molecular weight excluding hydrogens is 346 g/mol. The number of aromatic carboxylic acids is 1. The fourth-order valence-corrected chi connectivity index (χ4v) is 3.44. The number of benzene rings is 1. The van der Waals surface area contributed by atoms with E-state index in [9.17, 15) is 4.79 Å². The van der Waals surface area contributed by atoms with E-state index in [1.54, 1.807) is 35.6 Å². The highest BCUT2D eigenvalue weighted by Crippen LogP contribution is 2.27. The molecule has 0 saturated carbocycles. The van der Waals surface area contributed by atoms with E-state index in [1.807, 2.05) is 16.8 Å². The third kappa shape index (κ3) is 3.91. The first-order valence-electron chi connectivity index (χ1n) is 8.65. The van der Waals surface area contributed by atoms with E-state index in [0.29, 0.717) is 0 Å². The van der Waals surface area contributed by atoms with E-state index in [-0.39, 0.29) is 5.56 Å². The molecule has 1 aromatic carbocycles. The highest BCUT2D eigenvalue weighted by molar-refractivity contribution is 7.08. The van der Waals surface area contributed by atoms with Crippen molar-refractivity contribution >= 4 is 28.8 Å². The number of carboxylic acid groups (broad SMARTS) is 1. The molecule has 2 N–H and O–H groups in total. The van der Waals surface area contributed by atoms with E-state index in [0.717, 1.165) is 53.4 Å². The maximum absolute atomic E-state index is 11.0. The largest absolute Gasteiger partial charge is 0.478 e. The lowest BCUT2D eigenvalue weighted by Gasteiger charge is -2.15. The number of nitrogens with zero attached hydrogens (tertiary/aromatic N) is 2. The molecule has 26 heavy (non-hydrogen) atoms. The summed E-state index contributed by atoms with van der Waals surface area (Å²) in [6, 6.07) is 8.71. The van der Waals surface area contributed by atoms with Gasteiger partial charge in [-0.25, -0.2) is 14.8 Å². The minimum absolute atomic E-state index is 0.264. The summed E-state index contributed by atoms with van der Waals surface area (Å²) in [6.45, 7) is 4.24. The fraction of sp³-hybridized carbons (Fsp3) is 0.250. The number of hydrogen-bond acceptors (Lipinski definition) is 5. The van der Waals surface area contributed by atoms with Crippen LogP contribution in [0.3, 0.4) is 0 Å². The SMILES string of the molecule is CCCc1nc(-c2ccsc2)nc(Nc2ccc(C(=O)O)cc2)c1CC. The van der Waals surface area contributed by atoms with Gasteiger partial charge in [0.05, 0.1) is 5.56 Å². The molecule has 0 atom stereocenters. The molecule has 6 heteroatoms. The van der Waals surface area contributed by atoms with Gasteiger partial charge >= 0.3 is 5.97 Å². The summed E-state index contributed by atoms with van der Waals surface area (Å²) in [7, 11) is 0. The third-order valence-electron chi connectivity index (χ3n) is 4.11. The molecule has 2 aromatic heterocycles. The quantitative estimate of drug-likeness (QED) is 0.603. The number of anilines is 2. The van der Waals surface area contributed by atoms with Crippen LogP contribution >= 0.6 is 11.3 Å². The predicted molar refractivity (Wildman–Crippen MR) is 105 cm³/mol. The molecule has 0 bridgehead atoms. The number of aryl methyl sites for hydroxylation is 1. The van der Waals surface area contributed by atoms with Crippen LogP contribution in [0.1, 0.15) is 41.9 Å². The van der Waals surface area contributed by atoms with Gasteiger partial charge in [0.1, 0.15) is 5.82 Å². The Labute approximate surface area is 156 Å². The van der Waals surface area contributed by atoms with Crippen LogP contribution < -0.4 is 5.32 Å². The minimum Gasteiger partial charge on any atom is -0.478 e. The number of aromatic nitrogens is 2. The average molecular weight is 367 g/mol. The van der Waals surface area contributed by atoms with Crippen molar-refractivity contribution in [2.75, 3.05) is 5.32 Å². The first-order valence-corrected chi connectivity index (χ1v) is 9.59. The first-order chi connectivity index (χ1) is 12.6. The van der Waals surface area contributed by atoms with Gasteiger partial charge in [-0.3, -0.25) is 0 Å². The molecule has 0 fully saturated rings. The number of carboxylic acids is 1. The lowest BCUT2D eigenvalue weighted by atomic mass is 10.1. The minimum atomic E-state index is -0.933. The molecule has 0 radical (unpaired) electrons. The smallest absolute Gasteiger partial charge is 0.335 e. The maximum atomic E-state index is 11.0. The normalized spacial score (nSPS) is 10.7. The van der Waals surface area contributed by atoms with Crippen molar-refractivity contribution < 1.29 is 9.90 Å². The topological polar surface area (TPSA) is 75.1 Å². The van der Waals surface area contributed by atoms with Crippen molar-refractivity contribution in [3.8, 4) is 11.4 Å². The van der Waals surface area contributed by atoms with Crippen molar-refractivity contribution in [3.63, 3.8) is 0 Å². The van der Waals surface area contributed by atoms with Gasteiger partial charge in [-0.15, -0.1) is 0 Å². The standard InChI is InChI=1S/C20H21N3O2S/c1-3-5-17-16(4-2)19(23-18(22-17)14-10-11-26-12-14)21-15-8-6-13(7-9-15)20(24)25/h6-12H,3-5H2,1-2H3,(H,24,25)(H,21,22,23). The molecule has 0 amide bonds. The lowest BCUT2D eigenvalue weighted by molar-refractivity contribution is 0.0697. The van der Waals surface area contributed by atoms with Crippen molar-refractivity contribution in [3.05, 3.63) is 57.9 Å². The molecule has 5 nitrogen and oxygen atoms in total. The molecule has 2 heterocycles. The van der Waals surface area contributed by atoms with Crippen LogP contribution in [-0.2, 0) is 12.8 Å². The van der Waals surface area contributed by atoms with Gasteiger partial charge in [-0.05, 0) is 48.6 Å². The molecule has 134 valence electrons. The van der Waals surface area contributed by atoms with Crippen molar-refractivity contribution in [1.29, 1.82) is 0 Å². The fourth-order valence-electron chi connectivity index (χ4n) is 2.80. The lowest BCUT2D eigenvalue weighted by Crippen LogP contribution is -2.07. The Hall–Kier alpha value is -2.73. The second kappa shape index (κ2) is 8.10. The van der Waals surface area contributed by atoms with Crippen molar-refractivity contribution in [1.82, 2.24) is 9.97 Å². The summed E-state index contributed by atoms with van der Waals surface area (Å²) in [5.41, 5.74) is 4.25. The summed E-state index contributed by atoms with van der Waals surface area (Å²) in [5, 5.41) is 16.5. The van der Waals surface area contributed by atoms with Gasteiger partial charge in [0.2, 0.25) is 0 Å². The van der Waals surface area contributed by atoms with E-state index in [1.165, 1.54) is 0 Å². The molecule has 0 aliphatic rings. The Bertz CT molecular complexity index is 890. The first kappa shape index (κ1) is 18.1. The average Bonchev–Trinajstić information content (AvgIpc) is 3.17. The molecule has 0 spiro atoms. The number of rotatable bonds is 7. The monoisotopic (exact) mass is 367 g/mol. The van der Waals surface area contributed by atoms with E-state index >= 15 is 0 Å². The summed E-state index contributed by atoms with van der Waals surface area (Å²) in [6.07, 6.45) is 2.74. The summed E-state index contributed by atoms with van der Waals surface area (Å²) in [5.74, 6) is 0.574. The van der Waals surface area contributed by atoms with E-state index in [2.05, 4.69) is 19.2 Å². The zero-order valence-electron chi connectivity index (χ0n) is 14.8. The molecule has 0 unspecified atom stereocenters. The Kier molecular flexibility index (Phi) is 5.63. The highest BCUT2D eigenvalue weighted by Gasteiger charge is 2.14. The van der Waals surface area contributed by atoms with Crippen LogP contribution in [0.5, 0.6) is 0 Å². The van der Waals surface area contributed by atoms with Gasteiger partial charge in [-0.2, -0.15) is 11.3 Å². The Morgan fingerprint density at radius 2 is 1.92 bits per heavy atom. The van der Waals surface area contributed by atoms with Crippen LogP contribution in [0.15, 0.2) is 41.1 Å². The van der Waals surface area contributed by atoms with Crippen LogP contribution in [-0.4, -0.2) is 21.0 Å². The van der Waals surface area contributed by atoms with Crippen molar-refractivity contribution in [2.45, 2.75) is 33.1 Å². The number of thiophene rings is 1. The molecule has 0 aliphatic carbocycles. The van der Waals surface area contributed by atoms with Crippen LogP contribution in [0, 0.1) is 0 Å². The van der Waals surface area contributed by atoms with Gasteiger partial charge in [0, 0.05) is 27.9 Å². The summed E-state index contributed by atoms with van der Waals surface area (Å²) >= 11 is 1.62. The molecule has 0 saturated heterocycles. The van der Waals surface area contributed by atoms with Gasteiger partial charge in [0.25, 0.3) is 0 Å². The number of hydrogen-bond donors (Lipinski definition) is 2. The molecule has 3 rings (SSSR count). The summed E-state index contributed by atoms with van der Waals surface area (Å²) in [4.78, 5) is 20.6. The van der Waals surface area contributed by atoms with Crippen molar-refractivity contribution in [2.24, 2.45) is 0 Å². The summed E-state index contributed by atoms with van der Waals surface area (Å²) < 4.78 is 0. The Morgan fingerprint density at radius 1 is 1.15 bits per heavy atom. The Balaban J connectivity index is 2.01. The zero-order chi connectivity index (χ0) is 18.5. The Morgan fingerprint density at radius 3 is 2.50 bits per heavy atom. The maximum Gasteiger partial charge on any atom is 0.335 e. The third-order valence-corrected chi connectivity index (χ3v) is 4.79. The molecule has 3 aromatic rings. The van der Waals surface area contributed by atoms with E-state index in [4.69, 9.17) is 15.1 Å². The number of carbonyl (C=O) groups is 1. The molecular formula is C20H21N3O2S. The van der Waals surface area contributed by atoms with Crippen LogP contribution in [0.25, 0.3) is 11.4 Å². The van der Waals surface area contributed by atoms with E-state index < -0.39 is 5.97 Å². The van der Waals surface area contributed by atoms with Crippen LogP contribution in [0.4, 0.5) is 11.5 Å². The molecule has 0 aliphatic heterocycles. The number of nitrogens with one attached hydrogen (secondary N) is 1. The predicted octanol–water partition coefficient (Wildman–Crippen LogP) is 5.16. The second-order valence-corrected chi connectivity index (χ2v) is 6.72. The van der Waals surface area contributed by atoms with Gasteiger partial charge < -0.3 is 10.4 Å². The highest BCUT2D eigenvalue weighted by atomic mass is 32.1.